The second-order valence-corrected chi connectivity index (χ2v) is 9.13. The van der Waals surface area contributed by atoms with Crippen molar-refractivity contribution in [3.63, 3.8) is 0 Å². The van der Waals surface area contributed by atoms with E-state index in [9.17, 15) is 4.79 Å². The van der Waals surface area contributed by atoms with Gasteiger partial charge in [0.25, 0.3) is 5.91 Å². The molecule has 0 unspecified atom stereocenters. The first-order valence-electron chi connectivity index (χ1n) is 10.0. The summed E-state index contributed by atoms with van der Waals surface area (Å²) in [5, 5.41) is 0. The molecule has 0 spiro atoms. The summed E-state index contributed by atoms with van der Waals surface area (Å²) in [5.74, 6) is -0.0638. The van der Waals surface area contributed by atoms with E-state index >= 15 is 0 Å². The SMILES string of the molecule is CCc1cccc(C)c1-n1c(C)cc(/C=C2/SC(=S)N(c3ccccc3)C2=O)c1C. The standard InChI is InChI=1S/C25H24N2OS2/c1-5-19-11-9-10-16(2)23(19)26-17(3)14-20(18(26)4)15-22-24(28)27(25(29)30-22)21-12-7-6-8-13-21/h6-15H,5H2,1-4H3/b22-15+. The summed E-state index contributed by atoms with van der Waals surface area (Å²) >= 11 is 6.87. The average Bonchev–Trinajstić information content (AvgIpc) is 3.17. The third kappa shape index (κ3) is 3.53. The van der Waals surface area contributed by atoms with Crippen molar-refractivity contribution in [3.8, 4) is 5.69 Å². The lowest BCUT2D eigenvalue weighted by Crippen LogP contribution is -2.27. The van der Waals surface area contributed by atoms with E-state index in [4.69, 9.17) is 12.2 Å². The molecule has 4 rings (SSSR count). The van der Waals surface area contributed by atoms with Gasteiger partial charge in [-0.1, -0.05) is 67.3 Å². The number of anilines is 1. The Labute approximate surface area is 187 Å². The molecule has 0 bridgehead atoms. The van der Waals surface area contributed by atoms with Gasteiger partial charge >= 0.3 is 0 Å². The lowest BCUT2D eigenvalue weighted by molar-refractivity contribution is -0.113. The maximum atomic E-state index is 13.1. The quantitative estimate of drug-likeness (QED) is 0.354. The number of aryl methyl sites for hydroxylation is 3. The highest BCUT2D eigenvalue weighted by molar-refractivity contribution is 8.27. The Morgan fingerprint density at radius 2 is 1.77 bits per heavy atom. The molecule has 1 aliphatic heterocycles. The Morgan fingerprint density at radius 3 is 2.47 bits per heavy atom. The number of aromatic nitrogens is 1. The zero-order chi connectivity index (χ0) is 21.4. The number of thioether (sulfide) groups is 1. The molecule has 5 heteroatoms. The summed E-state index contributed by atoms with van der Waals surface area (Å²) in [6.07, 6.45) is 2.95. The summed E-state index contributed by atoms with van der Waals surface area (Å²) in [6, 6.07) is 18.2. The fraction of sp³-hybridized carbons (Fsp3) is 0.200. The summed E-state index contributed by atoms with van der Waals surface area (Å²) in [6.45, 7) is 8.56. The molecule has 1 saturated heterocycles. The number of benzene rings is 2. The number of rotatable bonds is 4. The minimum Gasteiger partial charge on any atom is -0.317 e. The van der Waals surface area contributed by atoms with Gasteiger partial charge in [-0.05, 0) is 68.2 Å². The zero-order valence-corrected chi connectivity index (χ0v) is 19.2. The number of hydrogen-bond donors (Lipinski definition) is 0. The monoisotopic (exact) mass is 432 g/mol. The predicted molar refractivity (Wildman–Crippen MR) is 131 cm³/mol. The molecule has 3 nitrogen and oxygen atoms in total. The van der Waals surface area contributed by atoms with Crippen LogP contribution in [0.1, 0.15) is 35.0 Å². The molecule has 1 amide bonds. The van der Waals surface area contributed by atoms with E-state index < -0.39 is 0 Å². The van der Waals surface area contributed by atoms with Crippen LogP contribution in [0, 0.1) is 20.8 Å². The third-order valence-electron chi connectivity index (χ3n) is 5.49. The number of para-hydroxylation sites is 2. The minimum absolute atomic E-state index is 0.0638. The largest absolute Gasteiger partial charge is 0.317 e. The normalized spacial score (nSPS) is 15.5. The Kier molecular flexibility index (Phi) is 5.67. The fourth-order valence-electron chi connectivity index (χ4n) is 4.01. The molecule has 3 aromatic rings. The molecule has 1 fully saturated rings. The third-order valence-corrected chi connectivity index (χ3v) is 6.79. The number of thiocarbonyl (C=S) groups is 1. The lowest BCUT2D eigenvalue weighted by atomic mass is 10.1. The van der Waals surface area contributed by atoms with E-state index in [2.05, 4.69) is 56.5 Å². The molecular weight excluding hydrogens is 408 g/mol. The highest BCUT2D eigenvalue weighted by Gasteiger charge is 2.33. The Morgan fingerprint density at radius 1 is 1.03 bits per heavy atom. The molecule has 1 aliphatic rings. The second kappa shape index (κ2) is 8.25. The van der Waals surface area contributed by atoms with Gasteiger partial charge in [-0.25, -0.2) is 0 Å². The Balaban J connectivity index is 1.76. The number of amides is 1. The molecule has 0 saturated carbocycles. The van der Waals surface area contributed by atoms with Crippen LogP contribution in [-0.4, -0.2) is 14.8 Å². The molecule has 0 radical (unpaired) electrons. The predicted octanol–water partition coefficient (Wildman–Crippen LogP) is 6.37. The van der Waals surface area contributed by atoms with Gasteiger partial charge in [0, 0.05) is 11.4 Å². The maximum Gasteiger partial charge on any atom is 0.270 e. The van der Waals surface area contributed by atoms with Crippen LogP contribution in [-0.2, 0) is 11.2 Å². The fourth-order valence-corrected chi connectivity index (χ4v) is 5.30. The van der Waals surface area contributed by atoms with Gasteiger partial charge in [-0.3, -0.25) is 9.69 Å². The van der Waals surface area contributed by atoms with E-state index in [1.807, 2.05) is 36.4 Å². The molecule has 0 N–H and O–H groups in total. The van der Waals surface area contributed by atoms with Gasteiger partial charge in [0.2, 0.25) is 0 Å². The van der Waals surface area contributed by atoms with Crippen LogP contribution in [0.2, 0.25) is 0 Å². The van der Waals surface area contributed by atoms with E-state index in [1.54, 1.807) is 4.90 Å². The molecule has 1 aromatic heterocycles. The zero-order valence-electron chi connectivity index (χ0n) is 17.6. The van der Waals surface area contributed by atoms with E-state index in [0.717, 1.165) is 29.1 Å². The van der Waals surface area contributed by atoms with Gasteiger partial charge in [-0.15, -0.1) is 0 Å². The van der Waals surface area contributed by atoms with Crippen LogP contribution in [0.15, 0.2) is 59.5 Å². The summed E-state index contributed by atoms with van der Waals surface area (Å²) < 4.78 is 2.87. The van der Waals surface area contributed by atoms with Crippen molar-refractivity contribution in [2.24, 2.45) is 0 Å². The number of nitrogens with zero attached hydrogens (tertiary/aromatic N) is 2. The summed E-state index contributed by atoms with van der Waals surface area (Å²) in [5.41, 5.74) is 7.94. The second-order valence-electron chi connectivity index (χ2n) is 7.45. The van der Waals surface area contributed by atoms with Crippen LogP contribution in [0.5, 0.6) is 0 Å². The summed E-state index contributed by atoms with van der Waals surface area (Å²) in [4.78, 5) is 15.4. The molecule has 152 valence electrons. The van der Waals surface area contributed by atoms with Crippen LogP contribution in [0.25, 0.3) is 11.8 Å². The maximum absolute atomic E-state index is 13.1. The number of hydrogen-bond acceptors (Lipinski definition) is 3. The Bertz CT molecular complexity index is 1180. The minimum atomic E-state index is -0.0638. The van der Waals surface area contributed by atoms with Crippen molar-refractivity contribution in [1.82, 2.24) is 4.57 Å². The van der Waals surface area contributed by atoms with Gasteiger partial charge in [-0.2, -0.15) is 0 Å². The van der Waals surface area contributed by atoms with E-state index in [0.29, 0.717) is 9.23 Å². The van der Waals surface area contributed by atoms with Crippen molar-refractivity contribution in [3.05, 3.63) is 87.6 Å². The van der Waals surface area contributed by atoms with E-state index in [-0.39, 0.29) is 5.91 Å². The van der Waals surface area contributed by atoms with Crippen molar-refractivity contribution in [2.75, 3.05) is 4.90 Å². The van der Waals surface area contributed by atoms with Crippen LogP contribution in [0.3, 0.4) is 0 Å². The van der Waals surface area contributed by atoms with Crippen LogP contribution >= 0.6 is 24.0 Å². The van der Waals surface area contributed by atoms with Crippen LogP contribution in [0.4, 0.5) is 5.69 Å². The van der Waals surface area contributed by atoms with Crippen molar-refractivity contribution in [1.29, 1.82) is 0 Å². The van der Waals surface area contributed by atoms with E-state index in [1.165, 1.54) is 28.6 Å². The van der Waals surface area contributed by atoms with Gasteiger partial charge < -0.3 is 4.57 Å². The number of carbonyl (C=O) groups is 1. The molecular formula is C25H24N2OS2. The smallest absolute Gasteiger partial charge is 0.270 e. The molecule has 2 aromatic carbocycles. The number of carbonyl (C=O) groups excluding carboxylic acids is 1. The Hall–Kier alpha value is -2.63. The summed E-state index contributed by atoms with van der Waals surface area (Å²) in [7, 11) is 0. The van der Waals surface area contributed by atoms with Gasteiger partial charge in [0.1, 0.15) is 0 Å². The van der Waals surface area contributed by atoms with Crippen molar-refractivity contribution in [2.45, 2.75) is 34.1 Å². The molecule has 30 heavy (non-hydrogen) atoms. The molecule has 0 aliphatic carbocycles. The highest BCUT2D eigenvalue weighted by atomic mass is 32.2. The molecule has 2 heterocycles. The first kappa shape index (κ1) is 20.6. The lowest BCUT2D eigenvalue weighted by Gasteiger charge is -2.17. The average molecular weight is 433 g/mol. The van der Waals surface area contributed by atoms with Crippen molar-refractivity contribution >= 4 is 46.0 Å². The molecule has 0 atom stereocenters. The topological polar surface area (TPSA) is 25.2 Å². The highest BCUT2D eigenvalue weighted by Crippen LogP contribution is 2.37. The van der Waals surface area contributed by atoms with Gasteiger partial charge in [0.15, 0.2) is 4.32 Å². The first-order valence-corrected chi connectivity index (χ1v) is 11.3. The van der Waals surface area contributed by atoms with Gasteiger partial charge in [0.05, 0.1) is 16.3 Å². The van der Waals surface area contributed by atoms with Crippen molar-refractivity contribution < 1.29 is 4.79 Å². The first-order chi connectivity index (χ1) is 14.4. The van der Waals surface area contributed by atoms with Crippen LogP contribution < -0.4 is 4.90 Å².